The van der Waals surface area contributed by atoms with Crippen LogP contribution in [0.25, 0.3) is 16.8 Å². The van der Waals surface area contributed by atoms with Crippen LogP contribution < -0.4 is 10.6 Å². The summed E-state index contributed by atoms with van der Waals surface area (Å²) in [6.45, 7) is 8.04. The molecule has 0 aliphatic carbocycles. The number of carbonyl (C=O) groups is 1. The standard InChI is InChI=1S/C24H32FN9O/c1-6-14(2)30-31-19-7-8-20(27-15(19)3)17-9-12-34-22(17)23(26-5)29-24(32-34)28-21-10-11-33(16(4)35)13-18(21)25/h7-9,12,14,18,21H,6,10-11,13H2,1-5H3,(H2,26,28,29,32). The van der Waals surface area contributed by atoms with Gasteiger partial charge in [0.05, 0.1) is 30.0 Å². The second-order valence-electron chi connectivity index (χ2n) is 8.85. The maximum absolute atomic E-state index is 14.7. The fourth-order valence-corrected chi connectivity index (χ4v) is 4.04. The molecule has 0 aromatic carbocycles. The molecule has 0 spiro atoms. The van der Waals surface area contributed by atoms with Crippen molar-refractivity contribution in [3.05, 3.63) is 30.1 Å². The topological polar surface area (TPSA) is 112 Å². The van der Waals surface area contributed by atoms with Crippen molar-refractivity contribution < 1.29 is 9.18 Å². The minimum atomic E-state index is -1.20. The molecule has 0 saturated carbocycles. The quantitative estimate of drug-likeness (QED) is 0.484. The number of anilines is 2. The monoisotopic (exact) mass is 481 g/mol. The lowest BCUT2D eigenvalue weighted by Crippen LogP contribution is -2.49. The first-order valence-corrected chi connectivity index (χ1v) is 11.9. The van der Waals surface area contributed by atoms with Crippen molar-refractivity contribution >= 4 is 28.9 Å². The summed E-state index contributed by atoms with van der Waals surface area (Å²) in [5.41, 5.74) is 3.93. The third-order valence-corrected chi connectivity index (χ3v) is 6.34. The minimum Gasteiger partial charge on any atom is -0.371 e. The number of pyridine rings is 1. The maximum Gasteiger partial charge on any atom is 0.243 e. The maximum atomic E-state index is 14.7. The summed E-state index contributed by atoms with van der Waals surface area (Å²) in [6, 6.07) is 5.45. The van der Waals surface area contributed by atoms with Crippen molar-refractivity contribution in [2.24, 2.45) is 10.2 Å². The molecule has 1 fully saturated rings. The number of hydrogen-bond acceptors (Lipinski definition) is 8. The molecule has 2 N–H and O–H groups in total. The van der Waals surface area contributed by atoms with Gasteiger partial charge in [0.2, 0.25) is 11.9 Å². The van der Waals surface area contributed by atoms with Gasteiger partial charge >= 0.3 is 0 Å². The first kappa shape index (κ1) is 24.5. The predicted octanol–water partition coefficient (Wildman–Crippen LogP) is 4.39. The van der Waals surface area contributed by atoms with Crippen LogP contribution in [0.15, 0.2) is 34.6 Å². The highest BCUT2D eigenvalue weighted by Gasteiger charge is 2.31. The normalized spacial score (nSPS) is 19.3. The number of halogens is 1. The van der Waals surface area contributed by atoms with E-state index >= 15 is 0 Å². The number of hydrogen-bond donors (Lipinski definition) is 2. The molecule has 1 aliphatic heterocycles. The van der Waals surface area contributed by atoms with E-state index in [0.717, 1.165) is 34.6 Å². The largest absolute Gasteiger partial charge is 0.371 e. The molecule has 4 rings (SSSR count). The van der Waals surface area contributed by atoms with Crippen LogP contribution in [0, 0.1) is 6.92 Å². The first-order valence-electron chi connectivity index (χ1n) is 11.9. The Kier molecular flexibility index (Phi) is 7.23. The molecule has 186 valence electrons. The second kappa shape index (κ2) is 10.3. The Hall–Kier alpha value is -3.63. The summed E-state index contributed by atoms with van der Waals surface area (Å²) in [4.78, 5) is 22.4. The van der Waals surface area contributed by atoms with Gasteiger partial charge in [-0.15, -0.1) is 5.10 Å². The molecule has 10 nitrogen and oxygen atoms in total. The van der Waals surface area contributed by atoms with Crippen LogP contribution >= 0.6 is 0 Å². The average molecular weight is 482 g/mol. The highest BCUT2D eigenvalue weighted by atomic mass is 19.1. The zero-order valence-corrected chi connectivity index (χ0v) is 20.8. The number of aryl methyl sites for hydroxylation is 1. The SMILES string of the molecule is CCC(C)N=Nc1ccc(-c2ccn3nc(NC4CCN(C(C)=O)CC4F)nc(NC)c23)nc1C. The van der Waals surface area contributed by atoms with E-state index in [4.69, 9.17) is 4.98 Å². The van der Waals surface area contributed by atoms with Gasteiger partial charge in [0.25, 0.3) is 0 Å². The van der Waals surface area contributed by atoms with Crippen LogP contribution in [0.2, 0.25) is 0 Å². The van der Waals surface area contributed by atoms with E-state index < -0.39 is 12.2 Å². The van der Waals surface area contributed by atoms with E-state index in [0.29, 0.717) is 24.7 Å². The first-order chi connectivity index (χ1) is 16.8. The Bertz CT molecular complexity index is 1240. The third kappa shape index (κ3) is 5.23. The van der Waals surface area contributed by atoms with Crippen LogP contribution in [-0.2, 0) is 4.79 Å². The molecule has 3 aromatic rings. The van der Waals surface area contributed by atoms with Crippen LogP contribution in [-0.4, -0.2) is 68.8 Å². The van der Waals surface area contributed by atoms with Gasteiger partial charge in [-0.05, 0) is 44.9 Å². The number of likely N-dealkylation sites (tertiary alicyclic amines) is 1. The van der Waals surface area contributed by atoms with Crippen LogP contribution in [0.5, 0.6) is 0 Å². The summed E-state index contributed by atoms with van der Waals surface area (Å²) in [5.74, 6) is 0.800. The van der Waals surface area contributed by atoms with Gasteiger partial charge in [0.1, 0.15) is 17.4 Å². The van der Waals surface area contributed by atoms with E-state index in [-0.39, 0.29) is 18.5 Å². The highest BCUT2D eigenvalue weighted by molar-refractivity contribution is 5.87. The van der Waals surface area contributed by atoms with Crippen molar-refractivity contribution in [1.82, 2.24) is 24.5 Å². The molecule has 1 saturated heterocycles. The molecule has 3 atom stereocenters. The number of nitrogens with one attached hydrogen (secondary N) is 2. The van der Waals surface area contributed by atoms with Crippen molar-refractivity contribution in [3.63, 3.8) is 0 Å². The predicted molar refractivity (Wildman–Crippen MR) is 134 cm³/mol. The zero-order chi connectivity index (χ0) is 25.1. The Morgan fingerprint density at radius 1 is 1.31 bits per heavy atom. The molecule has 3 aromatic heterocycles. The number of nitrogens with zero attached hydrogens (tertiary/aromatic N) is 7. The van der Waals surface area contributed by atoms with Gasteiger partial charge in [0.15, 0.2) is 5.82 Å². The molecule has 1 aliphatic rings. The summed E-state index contributed by atoms with van der Waals surface area (Å²) in [6.07, 6.45) is 2.04. The average Bonchev–Trinajstić information content (AvgIpc) is 3.27. The number of aromatic nitrogens is 4. The number of carbonyl (C=O) groups excluding carboxylic acids is 1. The van der Waals surface area contributed by atoms with E-state index in [1.54, 1.807) is 11.6 Å². The Labute approximate surface area is 204 Å². The molecule has 3 unspecified atom stereocenters. The van der Waals surface area contributed by atoms with Crippen LogP contribution in [0.1, 0.15) is 39.3 Å². The summed E-state index contributed by atoms with van der Waals surface area (Å²) >= 11 is 0. The number of amides is 1. The van der Waals surface area contributed by atoms with Gasteiger partial charge in [0, 0.05) is 32.3 Å². The summed E-state index contributed by atoms with van der Waals surface area (Å²) in [5, 5.41) is 19.5. The van der Waals surface area contributed by atoms with Gasteiger partial charge in [-0.25, -0.2) is 8.91 Å². The summed E-state index contributed by atoms with van der Waals surface area (Å²) < 4.78 is 16.4. The second-order valence-corrected chi connectivity index (χ2v) is 8.85. The Morgan fingerprint density at radius 2 is 2.11 bits per heavy atom. The number of azo groups is 1. The molecule has 4 heterocycles. The molecular weight excluding hydrogens is 449 g/mol. The van der Waals surface area contributed by atoms with Crippen LogP contribution in [0.3, 0.4) is 0 Å². The zero-order valence-electron chi connectivity index (χ0n) is 20.8. The molecular formula is C24H32FN9O. The van der Waals surface area contributed by atoms with Crippen molar-refractivity contribution in [2.45, 2.75) is 58.8 Å². The molecule has 11 heteroatoms. The van der Waals surface area contributed by atoms with E-state index in [2.05, 4.69) is 37.9 Å². The Morgan fingerprint density at radius 3 is 2.77 bits per heavy atom. The number of alkyl halides is 1. The molecule has 1 amide bonds. The fraction of sp³-hybridized carbons (Fsp3) is 0.500. The van der Waals surface area contributed by atoms with E-state index in [9.17, 15) is 9.18 Å². The molecule has 0 radical (unpaired) electrons. The van der Waals surface area contributed by atoms with Gasteiger partial charge < -0.3 is 15.5 Å². The van der Waals surface area contributed by atoms with Crippen LogP contribution in [0.4, 0.5) is 21.8 Å². The fourth-order valence-electron chi connectivity index (χ4n) is 4.04. The third-order valence-electron chi connectivity index (χ3n) is 6.34. The van der Waals surface area contributed by atoms with Gasteiger partial charge in [-0.1, -0.05) is 6.92 Å². The lowest BCUT2D eigenvalue weighted by Gasteiger charge is -2.34. The number of fused-ring (bicyclic) bond motifs is 1. The number of piperidine rings is 1. The van der Waals surface area contributed by atoms with Gasteiger partial charge in [-0.3, -0.25) is 9.78 Å². The molecule has 35 heavy (non-hydrogen) atoms. The van der Waals surface area contributed by atoms with Crippen molar-refractivity contribution in [2.75, 3.05) is 30.8 Å². The van der Waals surface area contributed by atoms with Crippen molar-refractivity contribution in [1.29, 1.82) is 0 Å². The molecule has 0 bridgehead atoms. The van der Waals surface area contributed by atoms with Crippen molar-refractivity contribution in [3.8, 4) is 11.3 Å². The Balaban J connectivity index is 1.60. The smallest absolute Gasteiger partial charge is 0.243 e. The van der Waals surface area contributed by atoms with E-state index in [1.807, 2.05) is 38.2 Å². The van der Waals surface area contributed by atoms with Gasteiger partial charge in [-0.2, -0.15) is 15.2 Å². The highest BCUT2D eigenvalue weighted by Crippen LogP contribution is 2.31. The summed E-state index contributed by atoms with van der Waals surface area (Å²) in [7, 11) is 1.78. The van der Waals surface area contributed by atoms with E-state index in [1.165, 1.54) is 11.8 Å². The minimum absolute atomic E-state index is 0.0692. The lowest BCUT2D eigenvalue weighted by atomic mass is 10.0. The number of rotatable bonds is 7. The lowest BCUT2D eigenvalue weighted by molar-refractivity contribution is -0.131.